The Hall–Kier alpha value is -4.42. The van der Waals surface area contributed by atoms with Crippen molar-refractivity contribution in [1.82, 2.24) is 29.5 Å². The monoisotopic (exact) mass is 697 g/mol. The van der Waals surface area contributed by atoms with Gasteiger partial charge in [0.1, 0.15) is 0 Å². The van der Waals surface area contributed by atoms with E-state index in [4.69, 9.17) is 4.74 Å². The molecule has 0 radical (unpaired) electrons. The lowest BCUT2D eigenvalue weighted by molar-refractivity contribution is -0.144. The predicted octanol–water partition coefficient (Wildman–Crippen LogP) is 4.24. The molecule has 51 heavy (non-hydrogen) atoms. The number of benzene rings is 2. The van der Waals surface area contributed by atoms with Gasteiger partial charge in [-0.1, -0.05) is 31.2 Å². The molecule has 0 bridgehead atoms. The van der Waals surface area contributed by atoms with E-state index in [1.807, 2.05) is 60.0 Å². The van der Waals surface area contributed by atoms with Crippen molar-refractivity contribution in [2.45, 2.75) is 70.1 Å². The standard InChI is InChI=1S/C39H51N7O5/c1-26-24-30(25-29-8-9-34(47)41-35(26)29)27(2)36(37(48)44-22-20-43(21-23-44)31-11-15-42(3)16-12-31)51-39(50)45-17-13-32(14-18-45)46-19-10-28-6-4-5-7-33(28)40-38(46)49/h4-9,24-25,27,31-32,36H,10-23H2,1-3H3,(H,40,49)(H,41,47)/t27-,36?/m1/s1. The molecule has 4 amide bonds. The van der Waals surface area contributed by atoms with Gasteiger partial charge in [0, 0.05) is 75.6 Å². The molecule has 2 atom stereocenters. The number of aromatic nitrogens is 1. The van der Waals surface area contributed by atoms with Gasteiger partial charge in [-0.2, -0.15) is 0 Å². The highest BCUT2D eigenvalue weighted by Gasteiger charge is 2.39. The van der Waals surface area contributed by atoms with E-state index in [1.165, 1.54) is 6.07 Å². The number of hydrogen-bond acceptors (Lipinski definition) is 7. The molecule has 4 aliphatic heterocycles. The molecule has 3 saturated heterocycles. The highest BCUT2D eigenvalue weighted by atomic mass is 16.6. The van der Waals surface area contributed by atoms with Gasteiger partial charge in [-0.3, -0.25) is 14.5 Å². The van der Waals surface area contributed by atoms with Crippen molar-refractivity contribution in [3.05, 3.63) is 75.6 Å². The van der Waals surface area contributed by atoms with Crippen LogP contribution in [0.15, 0.2) is 53.3 Å². The van der Waals surface area contributed by atoms with Gasteiger partial charge in [0.05, 0.1) is 5.52 Å². The van der Waals surface area contributed by atoms with Crippen LogP contribution in [0.4, 0.5) is 15.3 Å². The smallest absolute Gasteiger partial charge is 0.410 e. The summed E-state index contributed by atoms with van der Waals surface area (Å²) in [7, 11) is 2.17. The topological polar surface area (TPSA) is 122 Å². The zero-order chi connectivity index (χ0) is 35.6. The van der Waals surface area contributed by atoms with E-state index in [0.717, 1.165) is 78.7 Å². The Kier molecular flexibility index (Phi) is 10.3. The van der Waals surface area contributed by atoms with E-state index in [1.54, 1.807) is 11.0 Å². The van der Waals surface area contributed by atoms with Crippen LogP contribution in [-0.2, 0) is 16.0 Å². The third-order valence-electron chi connectivity index (χ3n) is 11.6. The van der Waals surface area contributed by atoms with Crippen LogP contribution in [0.25, 0.3) is 10.9 Å². The quantitative estimate of drug-likeness (QED) is 0.396. The Labute approximate surface area is 299 Å². The molecule has 1 unspecified atom stereocenters. The molecule has 3 aromatic rings. The fourth-order valence-electron chi connectivity index (χ4n) is 8.41. The number of ether oxygens (including phenoxy) is 1. The summed E-state index contributed by atoms with van der Waals surface area (Å²) in [6.07, 6.45) is 2.80. The number of amides is 4. The number of anilines is 1. The molecule has 1 aromatic heterocycles. The number of carbonyl (C=O) groups excluding carboxylic acids is 3. The average Bonchev–Trinajstić information content (AvgIpc) is 3.32. The van der Waals surface area contributed by atoms with Gasteiger partial charge >= 0.3 is 12.1 Å². The molecule has 4 aliphatic rings. The number of piperidine rings is 2. The third kappa shape index (κ3) is 7.62. The fraction of sp³-hybridized carbons (Fsp3) is 0.538. The van der Waals surface area contributed by atoms with Crippen molar-refractivity contribution in [3.63, 3.8) is 0 Å². The number of H-pyrrole nitrogens is 1. The molecule has 0 saturated carbocycles. The van der Waals surface area contributed by atoms with E-state index in [0.29, 0.717) is 51.6 Å². The summed E-state index contributed by atoms with van der Waals surface area (Å²) in [5, 5.41) is 3.92. The number of urea groups is 1. The minimum absolute atomic E-state index is 0.00703. The van der Waals surface area contributed by atoms with Gasteiger partial charge in [-0.05, 0) is 99.4 Å². The van der Waals surface area contributed by atoms with Crippen LogP contribution in [0.2, 0.25) is 0 Å². The van der Waals surface area contributed by atoms with Crippen LogP contribution in [0.3, 0.4) is 0 Å². The zero-order valence-corrected chi connectivity index (χ0v) is 30.1. The normalized spacial score (nSPS) is 21.2. The maximum absolute atomic E-state index is 14.4. The maximum Gasteiger partial charge on any atom is 0.410 e. The van der Waals surface area contributed by atoms with Crippen LogP contribution in [0, 0.1) is 6.92 Å². The molecule has 12 nitrogen and oxygen atoms in total. The maximum atomic E-state index is 14.4. The fourth-order valence-corrected chi connectivity index (χ4v) is 8.41. The Morgan fingerprint density at radius 1 is 0.824 bits per heavy atom. The molecule has 7 rings (SSSR count). The summed E-state index contributed by atoms with van der Waals surface area (Å²) < 4.78 is 6.24. The number of carbonyl (C=O) groups is 3. The lowest BCUT2D eigenvalue weighted by atomic mass is 9.91. The third-order valence-corrected chi connectivity index (χ3v) is 11.6. The van der Waals surface area contributed by atoms with Crippen molar-refractivity contribution >= 4 is 34.6 Å². The van der Waals surface area contributed by atoms with Crippen molar-refractivity contribution in [2.24, 2.45) is 0 Å². The van der Waals surface area contributed by atoms with E-state index in [-0.39, 0.29) is 23.5 Å². The van der Waals surface area contributed by atoms with E-state index in [2.05, 4.69) is 27.1 Å². The number of aryl methyl sites for hydroxylation is 1. The second-order valence-electron chi connectivity index (χ2n) is 14.9. The number of para-hydroxylation sites is 1. The molecule has 2 aromatic carbocycles. The second kappa shape index (κ2) is 15.1. The number of piperazine rings is 1. The first kappa shape index (κ1) is 35.0. The minimum atomic E-state index is -1.01. The summed E-state index contributed by atoms with van der Waals surface area (Å²) in [5.74, 6) is -0.600. The number of rotatable bonds is 6. The molecule has 5 heterocycles. The SMILES string of the molecule is Cc1cc([C@@H](C)C(OC(=O)N2CCC(N3CCc4ccccc4NC3=O)CC2)C(=O)N2CCN(C3CCN(C)CC3)CC2)cc2ccc(=O)[nH]c12. The Bertz CT molecular complexity index is 1800. The Morgan fingerprint density at radius 3 is 2.27 bits per heavy atom. The molecule has 3 fully saturated rings. The molecular formula is C39H51N7O5. The van der Waals surface area contributed by atoms with Crippen LogP contribution in [0.5, 0.6) is 0 Å². The van der Waals surface area contributed by atoms with E-state index < -0.39 is 18.1 Å². The Morgan fingerprint density at radius 2 is 1.53 bits per heavy atom. The number of fused-ring (bicyclic) bond motifs is 2. The van der Waals surface area contributed by atoms with Gasteiger partial charge in [0.15, 0.2) is 6.10 Å². The van der Waals surface area contributed by atoms with Gasteiger partial charge in [-0.25, -0.2) is 9.59 Å². The first-order valence-corrected chi connectivity index (χ1v) is 18.6. The van der Waals surface area contributed by atoms with E-state index in [9.17, 15) is 19.2 Å². The predicted molar refractivity (Wildman–Crippen MR) is 197 cm³/mol. The van der Waals surface area contributed by atoms with Crippen molar-refractivity contribution in [1.29, 1.82) is 0 Å². The molecule has 272 valence electrons. The summed E-state index contributed by atoms with van der Waals surface area (Å²) in [6, 6.07) is 15.6. The molecule has 0 aliphatic carbocycles. The molecule has 12 heteroatoms. The minimum Gasteiger partial charge on any atom is -0.435 e. The molecular weight excluding hydrogens is 646 g/mol. The second-order valence-corrected chi connectivity index (χ2v) is 14.9. The molecule has 2 N–H and O–H groups in total. The number of pyridine rings is 1. The van der Waals surface area contributed by atoms with Gasteiger partial charge in [0.2, 0.25) is 5.56 Å². The van der Waals surface area contributed by atoms with Gasteiger partial charge in [0.25, 0.3) is 5.91 Å². The lowest BCUT2D eigenvalue weighted by Crippen LogP contribution is -2.57. The van der Waals surface area contributed by atoms with Crippen LogP contribution in [0.1, 0.15) is 55.2 Å². The average molecular weight is 698 g/mol. The van der Waals surface area contributed by atoms with Crippen LogP contribution >= 0.6 is 0 Å². The number of likely N-dealkylation sites (tertiary alicyclic amines) is 2. The van der Waals surface area contributed by atoms with E-state index >= 15 is 0 Å². The zero-order valence-electron chi connectivity index (χ0n) is 30.1. The largest absolute Gasteiger partial charge is 0.435 e. The number of aromatic amines is 1. The highest BCUT2D eigenvalue weighted by Crippen LogP contribution is 2.30. The number of hydrogen-bond donors (Lipinski definition) is 2. The van der Waals surface area contributed by atoms with Crippen molar-refractivity contribution in [2.75, 3.05) is 71.3 Å². The summed E-state index contributed by atoms with van der Waals surface area (Å²) in [5.41, 5.74) is 4.33. The molecule has 0 spiro atoms. The van der Waals surface area contributed by atoms with Crippen molar-refractivity contribution in [3.8, 4) is 0 Å². The van der Waals surface area contributed by atoms with Crippen LogP contribution in [-0.4, -0.2) is 132 Å². The Balaban J connectivity index is 1.04. The van der Waals surface area contributed by atoms with Crippen LogP contribution < -0.4 is 10.9 Å². The first-order valence-electron chi connectivity index (χ1n) is 18.6. The van der Waals surface area contributed by atoms with Gasteiger partial charge < -0.3 is 34.6 Å². The number of nitrogens with zero attached hydrogens (tertiary/aromatic N) is 5. The van der Waals surface area contributed by atoms with Crippen molar-refractivity contribution < 1.29 is 19.1 Å². The van der Waals surface area contributed by atoms with Gasteiger partial charge in [-0.15, -0.1) is 0 Å². The summed E-state index contributed by atoms with van der Waals surface area (Å²) >= 11 is 0. The summed E-state index contributed by atoms with van der Waals surface area (Å²) in [4.78, 5) is 66.7. The first-order chi connectivity index (χ1) is 24.6. The summed E-state index contributed by atoms with van der Waals surface area (Å²) in [6.45, 7) is 10.4. The highest BCUT2D eigenvalue weighted by molar-refractivity contribution is 5.91. The lowest BCUT2D eigenvalue weighted by Gasteiger charge is -2.43. The number of nitrogens with one attached hydrogen (secondary N) is 2.